The summed E-state index contributed by atoms with van der Waals surface area (Å²) in [6, 6.07) is 6.25. The van der Waals surface area contributed by atoms with Gasteiger partial charge in [0, 0.05) is 24.9 Å². The summed E-state index contributed by atoms with van der Waals surface area (Å²) in [4.78, 5) is 8.93. The summed E-state index contributed by atoms with van der Waals surface area (Å²) in [5, 5.41) is 8.97. The van der Waals surface area contributed by atoms with E-state index in [9.17, 15) is 0 Å². The van der Waals surface area contributed by atoms with Crippen LogP contribution in [0.1, 0.15) is 55.6 Å². The SMILES string of the molecule is Cc1nc(CC(C)c2cnn(Cc3ccccn3)c2)n(C(C)C)n1. The van der Waals surface area contributed by atoms with Crippen LogP contribution in [0.2, 0.25) is 0 Å². The van der Waals surface area contributed by atoms with Gasteiger partial charge >= 0.3 is 0 Å². The number of hydrogen-bond donors (Lipinski definition) is 0. The van der Waals surface area contributed by atoms with Gasteiger partial charge in [0.15, 0.2) is 0 Å². The Morgan fingerprint density at radius 2 is 2.00 bits per heavy atom. The third-order valence-electron chi connectivity index (χ3n) is 4.06. The van der Waals surface area contributed by atoms with Gasteiger partial charge in [-0.05, 0) is 44.4 Å². The third kappa shape index (κ3) is 3.69. The van der Waals surface area contributed by atoms with Crippen LogP contribution in [0.3, 0.4) is 0 Å². The molecule has 24 heavy (non-hydrogen) atoms. The summed E-state index contributed by atoms with van der Waals surface area (Å²) < 4.78 is 3.96. The minimum atomic E-state index is 0.320. The van der Waals surface area contributed by atoms with Crippen LogP contribution in [0.4, 0.5) is 0 Å². The second-order valence-electron chi connectivity index (χ2n) is 6.51. The first-order chi connectivity index (χ1) is 11.5. The Morgan fingerprint density at radius 1 is 1.17 bits per heavy atom. The average molecular weight is 324 g/mol. The molecule has 0 aliphatic carbocycles. The molecule has 3 aromatic heterocycles. The Hall–Kier alpha value is -2.50. The van der Waals surface area contributed by atoms with E-state index in [-0.39, 0.29) is 0 Å². The highest BCUT2D eigenvalue weighted by atomic mass is 15.4. The lowest BCUT2D eigenvalue weighted by Crippen LogP contribution is -2.11. The molecule has 6 heteroatoms. The molecule has 0 aromatic carbocycles. The number of hydrogen-bond acceptors (Lipinski definition) is 4. The van der Waals surface area contributed by atoms with Gasteiger partial charge in [0.2, 0.25) is 0 Å². The number of nitrogens with zero attached hydrogens (tertiary/aromatic N) is 6. The molecule has 0 saturated carbocycles. The summed E-state index contributed by atoms with van der Waals surface area (Å²) in [6.45, 7) is 9.10. The van der Waals surface area contributed by atoms with Crippen LogP contribution in [0, 0.1) is 6.92 Å². The summed E-state index contributed by atoms with van der Waals surface area (Å²) >= 11 is 0. The van der Waals surface area contributed by atoms with Gasteiger partial charge in [-0.3, -0.25) is 9.67 Å². The maximum Gasteiger partial charge on any atom is 0.147 e. The Balaban J connectivity index is 1.71. The largest absolute Gasteiger partial charge is 0.266 e. The van der Waals surface area contributed by atoms with Gasteiger partial charge in [-0.25, -0.2) is 9.67 Å². The average Bonchev–Trinajstić information content (AvgIpc) is 3.15. The van der Waals surface area contributed by atoms with Gasteiger partial charge in [0.05, 0.1) is 18.4 Å². The summed E-state index contributed by atoms with van der Waals surface area (Å²) in [6.07, 6.45) is 6.70. The molecule has 0 aliphatic rings. The van der Waals surface area contributed by atoms with Crippen molar-refractivity contribution in [1.29, 1.82) is 0 Å². The number of aromatic nitrogens is 6. The van der Waals surface area contributed by atoms with Crippen molar-refractivity contribution >= 4 is 0 Å². The Labute approximate surface area is 142 Å². The van der Waals surface area contributed by atoms with Crippen molar-refractivity contribution in [1.82, 2.24) is 29.5 Å². The molecule has 0 N–H and O–H groups in total. The van der Waals surface area contributed by atoms with E-state index in [1.165, 1.54) is 5.56 Å². The Bertz CT molecular complexity index is 787. The molecule has 0 spiro atoms. The zero-order chi connectivity index (χ0) is 17.1. The molecule has 6 nitrogen and oxygen atoms in total. The third-order valence-corrected chi connectivity index (χ3v) is 4.06. The van der Waals surface area contributed by atoms with E-state index in [0.29, 0.717) is 18.5 Å². The molecule has 0 radical (unpaired) electrons. The van der Waals surface area contributed by atoms with E-state index >= 15 is 0 Å². The second kappa shape index (κ2) is 6.95. The fourth-order valence-corrected chi connectivity index (χ4v) is 2.80. The van der Waals surface area contributed by atoms with Crippen LogP contribution in [-0.4, -0.2) is 29.5 Å². The predicted octanol–water partition coefficient (Wildman–Crippen LogP) is 3.15. The molecule has 0 bridgehead atoms. The highest BCUT2D eigenvalue weighted by Gasteiger charge is 2.16. The maximum absolute atomic E-state index is 4.59. The van der Waals surface area contributed by atoms with E-state index in [0.717, 1.165) is 23.8 Å². The van der Waals surface area contributed by atoms with Gasteiger partial charge < -0.3 is 0 Å². The number of aryl methyl sites for hydroxylation is 1. The first kappa shape index (κ1) is 16.4. The van der Waals surface area contributed by atoms with Gasteiger partial charge in [0.1, 0.15) is 11.6 Å². The lowest BCUT2D eigenvalue weighted by molar-refractivity contribution is 0.494. The van der Waals surface area contributed by atoms with Crippen LogP contribution >= 0.6 is 0 Å². The normalized spacial score (nSPS) is 12.7. The Kier molecular flexibility index (Phi) is 4.74. The molecule has 126 valence electrons. The van der Waals surface area contributed by atoms with Gasteiger partial charge in [-0.1, -0.05) is 13.0 Å². The van der Waals surface area contributed by atoms with Crippen molar-refractivity contribution in [2.45, 2.75) is 52.6 Å². The van der Waals surface area contributed by atoms with E-state index in [1.54, 1.807) is 0 Å². The highest BCUT2D eigenvalue weighted by molar-refractivity contribution is 5.14. The first-order valence-corrected chi connectivity index (χ1v) is 8.37. The van der Waals surface area contributed by atoms with E-state index in [2.05, 4.69) is 47.1 Å². The smallest absolute Gasteiger partial charge is 0.147 e. The summed E-state index contributed by atoms with van der Waals surface area (Å²) in [5.74, 6) is 2.20. The van der Waals surface area contributed by atoms with Crippen LogP contribution in [0.25, 0.3) is 0 Å². The molecule has 3 heterocycles. The van der Waals surface area contributed by atoms with Crippen molar-refractivity contribution < 1.29 is 0 Å². The highest BCUT2D eigenvalue weighted by Crippen LogP contribution is 2.21. The van der Waals surface area contributed by atoms with Crippen molar-refractivity contribution in [3.05, 3.63) is 59.7 Å². The van der Waals surface area contributed by atoms with Crippen LogP contribution in [0.15, 0.2) is 36.8 Å². The van der Waals surface area contributed by atoms with Gasteiger partial charge in [-0.2, -0.15) is 10.2 Å². The Morgan fingerprint density at radius 3 is 2.71 bits per heavy atom. The summed E-state index contributed by atoms with van der Waals surface area (Å²) in [7, 11) is 0. The van der Waals surface area contributed by atoms with Crippen LogP contribution < -0.4 is 0 Å². The zero-order valence-electron chi connectivity index (χ0n) is 14.7. The van der Waals surface area contributed by atoms with Gasteiger partial charge in [0.25, 0.3) is 0 Å². The topological polar surface area (TPSA) is 61.4 Å². The molecule has 1 unspecified atom stereocenters. The van der Waals surface area contributed by atoms with E-state index < -0.39 is 0 Å². The second-order valence-corrected chi connectivity index (χ2v) is 6.51. The van der Waals surface area contributed by atoms with E-state index in [1.807, 2.05) is 46.9 Å². The molecule has 0 saturated heterocycles. The predicted molar refractivity (Wildman–Crippen MR) is 92.8 cm³/mol. The molecule has 3 aromatic rings. The fraction of sp³-hybridized carbons (Fsp3) is 0.444. The van der Waals surface area contributed by atoms with Crippen LogP contribution in [0.5, 0.6) is 0 Å². The lowest BCUT2D eigenvalue weighted by atomic mass is 10.0. The lowest BCUT2D eigenvalue weighted by Gasteiger charge is -2.12. The fourth-order valence-electron chi connectivity index (χ4n) is 2.80. The maximum atomic E-state index is 4.59. The molecule has 0 amide bonds. The van der Waals surface area contributed by atoms with Crippen LogP contribution in [-0.2, 0) is 13.0 Å². The van der Waals surface area contributed by atoms with Crippen molar-refractivity contribution in [2.75, 3.05) is 0 Å². The first-order valence-electron chi connectivity index (χ1n) is 8.37. The van der Waals surface area contributed by atoms with Gasteiger partial charge in [-0.15, -0.1) is 0 Å². The summed E-state index contributed by atoms with van der Waals surface area (Å²) in [5.41, 5.74) is 2.22. The van der Waals surface area contributed by atoms with Crippen molar-refractivity contribution in [2.24, 2.45) is 0 Å². The molecule has 0 aliphatic heterocycles. The minimum absolute atomic E-state index is 0.320. The molecular formula is C18H24N6. The van der Waals surface area contributed by atoms with Crippen molar-refractivity contribution in [3.63, 3.8) is 0 Å². The van der Waals surface area contributed by atoms with E-state index in [4.69, 9.17) is 0 Å². The molecule has 3 rings (SSSR count). The number of pyridine rings is 1. The molecule has 0 fully saturated rings. The quantitative estimate of drug-likeness (QED) is 0.699. The minimum Gasteiger partial charge on any atom is -0.266 e. The number of rotatable bonds is 6. The zero-order valence-corrected chi connectivity index (χ0v) is 14.7. The van der Waals surface area contributed by atoms with Crippen molar-refractivity contribution in [3.8, 4) is 0 Å². The standard InChI is InChI=1S/C18H24N6/c1-13(2)24-18(21-15(4)22-24)9-14(3)16-10-20-23(11-16)12-17-7-5-6-8-19-17/h5-8,10-11,13-14H,9,12H2,1-4H3. The molecular weight excluding hydrogens is 300 g/mol. The monoisotopic (exact) mass is 324 g/mol. The molecule has 1 atom stereocenters.